The molecule has 1 radical (unpaired) electrons. The molecule has 0 aliphatic heterocycles. The third kappa shape index (κ3) is 6.31. The Hall–Kier alpha value is 0.315. The Labute approximate surface area is 50.3 Å². The average Bonchev–Trinajstić information content (AvgIpc) is 1.69. The molecule has 0 rings (SSSR count). The summed E-state index contributed by atoms with van der Waals surface area (Å²) in [5.41, 5.74) is 0. The van der Waals surface area contributed by atoms with Crippen LogP contribution in [-0.2, 0) is 4.65 Å². The van der Waals surface area contributed by atoms with Gasteiger partial charge in [0.05, 0.1) is 0 Å². The molecule has 0 spiro atoms. The van der Waals surface area contributed by atoms with Crippen LogP contribution in [0.25, 0.3) is 0 Å². The minimum Gasteiger partial charge on any atom is -0.439 e. The summed E-state index contributed by atoms with van der Waals surface area (Å²) in [5, 5.41) is 0. The Balaban J connectivity index is 2.45. The predicted octanol–water partition coefficient (Wildman–Crippen LogP) is 1.30. The average molecular weight is 119 g/mol. The van der Waals surface area contributed by atoms with Gasteiger partial charge in [0.2, 0.25) is 0 Å². The summed E-state index contributed by atoms with van der Waals surface area (Å²) >= 11 is 5.29. The third-order valence-corrected chi connectivity index (χ3v) is 0.634. The lowest BCUT2D eigenvalue weighted by molar-refractivity contribution is 0.363. The summed E-state index contributed by atoms with van der Waals surface area (Å²) in [7, 11) is 1.75. The van der Waals surface area contributed by atoms with Gasteiger partial charge in [0.25, 0.3) is 7.48 Å². The van der Waals surface area contributed by atoms with Crippen molar-refractivity contribution in [2.75, 3.05) is 12.5 Å². The molecule has 0 fully saturated rings. The number of hydrogen-bond acceptors (Lipinski definition) is 1. The Morgan fingerprint density at radius 2 is 2.43 bits per heavy atom. The molecule has 0 saturated heterocycles. The first kappa shape index (κ1) is 7.31. The maximum Gasteiger partial charge on any atom is 0.292 e. The normalized spacial score (nSPS) is 8.86. The molecule has 0 saturated carbocycles. The fourth-order valence-corrected chi connectivity index (χ4v) is 0.335. The molecular weight excluding hydrogens is 110 g/mol. The molecule has 0 aromatic carbocycles. The third-order valence-electron chi connectivity index (χ3n) is 0.480. The summed E-state index contributed by atoms with van der Waals surface area (Å²) in [6.07, 6.45) is 0.955. The van der Waals surface area contributed by atoms with Crippen LogP contribution < -0.4 is 0 Å². The summed E-state index contributed by atoms with van der Waals surface area (Å²) < 4.78 is 4.88. The Kier molecular flexibility index (Phi) is 6.60. The van der Waals surface area contributed by atoms with E-state index in [2.05, 4.69) is 0 Å². The summed E-state index contributed by atoms with van der Waals surface area (Å²) in [6, 6.07) is 0. The van der Waals surface area contributed by atoms with E-state index in [4.69, 9.17) is 16.3 Å². The first-order valence-corrected chi connectivity index (χ1v) is 2.94. The van der Waals surface area contributed by atoms with Crippen LogP contribution in [-0.4, -0.2) is 20.0 Å². The minimum atomic E-state index is 0.580. The van der Waals surface area contributed by atoms with Crippen molar-refractivity contribution in [1.82, 2.24) is 0 Å². The monoisotopic (exact) mass is 119 g/mol. The number of hydrogen-bond donors (Lipinski definition) is 0. The second-order valence-corrected chi connectivity index (χ2v) is 1.51. The van der Waals surface area contributed by atoms with Crippen molar-refractivity contribution in [2.24, 2.45) is 0 Å². The quantitative estimate of drug-likeness (QED) is 0.308. The number of alkyl halides is 1. The van der Waals surface area contributed by atoms with Gasteiger partial charge in [0.15, 0.2) is 0 Å². The zero-order chi connectivity index (χ0) is 5.54. The highest BCUT2D eigenvalue weighted by Gasteiger charge is 1.83. The molecule has 0 bridgehead atoms. The largest absolute Gasteiger partial charge is 0.439 e. The Bertz CT molecular complexity index is 30.9. The van der Waals surface area contributed by atoms with Gasteiger partial charge in [-0.05, 0) is 0 Å². The van der Waals surface area contributed by atoms with Gasteiger partial charge >= 0.3 is 0 Å². The maximum absolute atomic E-state index is 5.29. The Morgan fingerprint density at radius 1 is 1.71 bits per heavy atom. The Morgan fingerprint density at radius 3 is 2.86 bits per heavy atom. The van der Waals surface area contributed by atoms with Crippen LogP contribution in [0.1, 0.15) is 6.92 Å². The fourth-order valence-electron chi connectivity index (χ4n) is 0.246. The summed E-state index contributed by atoms with van der Waals surface area (Å²) in [5.74, 6) is 0.580. The highest BCUT2D eigenvalue weighted by molar-refractivity contribution is 6.27. The minimum absolute atomic E-state index is 0.580. The van der Waals surface area contributed by atoms with E-state index >= 15 is 0 Å². The van der Waals surface area contributed by atoms with Crippen LogP contribution in [0.4, 0.5) is 0 Å². The number of halogens is 1. The van der Waals surface area contributed by atoms with Crippen molar-refractivity contribution in [3.63, 3.8) is 0 Å². The van der Waals surface area contributed by atoms with Gasteiger partial charge in [-0.15, -0.1) is 11.6 Å². The highest BCUT2D eigenvalue weighted by atomic mass is 35.5. The maximum atomic E-state index is 5.29. The lowest BCUT2D eigenvalue weighted by Gasteiger charge is -1.92. The van der Waals surface area contributed by atoms with Crippen molar-refractivity contribution < 1.29 is 4.65 Å². The standard InChI is InChI=1S/C4H9BClO/c1-2-5-7-4-3-6/h2-4H2,1H3. The zero-order valence-electron chi connectivity index (χ0n) is 4.48. The zero-order valence-corrected chi connectivity index (χ0v) is 5.24. The van der Waals surface area contributed by atoms with Gasteiger partial charge < -0.3 is 4.65 Å². The van der Waals surface area contributed by atoms with Gasteiger partial charge in [-0.3, -0.25) is 0 Å². The van der Waals surface area contributed by atoms with Crippen molar-refractivity contribution in [1.29, 1.82) is 0 Å². The van der Waals surface area contributed by atoms with Gasteiger partial charge in [-0.25, -0.2) is 0 Å². The van der Waals surface area contributed by atoms with E-state index in [1.165, 1.54) is 0 Å². The fraction of sp³-hybridized carbons (Fsp3) is 1.00. The second kappa shape index (κ2) is 6.31. The highest BCUT2D eigenvalue weighted by Crippen LogP contribution is 1.79. The smallest absolute Gasteiger partial charge is 0.292 e. The molecule has 0 N–H and O–H groups in total. The van der Waals surface area contributed by atoms with Crippen LogP contribution in [0.15, 0.2) is 0 Å². The van der Waals surface area contributed by atoms with E-state index in [-0.39, 0.29) is 0 Å². The second-order valence-electron chi connectivity index (χ2n) is 1.13. The SMILES string of the molecule is CC[B]OCCCl. The van der Waals surface area contributed by atoms with E-state index in [1.54, 1.807) is 7.48 Å². The topological polar surface area (TPSA) is 9.23 Å². The van der Waals surface area contributed by atoms with Crippen LogP contribution in [0.5, 0.6) is 0 Å². The van der Waals surface area contributed by atoms with E-state index in [1.807, 2.05) is 6.92 Å². The molecule has 0 unspecified atom stereocenters. The summed E-state index contributed by atoms with van der Waals surface area (Å²) in [6.45, 7) is 2.66. The lowest BCUT2D eigenvalue weighted by atomic mass is 9.98. The van der Waals surface area contributed by atoms with Crippen LogP contribution in [0.2, 0.25) is 6.32 Å². The van der Waals surface area contributed by atoms with E-state index in [0.717, 1.165) is 6.32 Å². The molecule has 3 heteroatoms. The molecule has 0 amide bonds. The summed E-state index contributed by atoms with van der Waals surface area (Å²) in [4.78, 5) is 0. The molecule has 0 aliphatic carbocycles. The van der Waals surface area contributed by atoms with Gasteiger partial charge in [-0.2, -0.15) is 0 Å². The molecule has 0 aromatic heterocycles. The first-order chi connectivity index (χ1) is 3.41. The van der Waals surface area contributed by atoms with Gasteiger partial charge in [0, 0.05) is 12.5 Å². The van der Waals surface area contributed by atoms with Crippen LogP contribution in [0.3, 0.4) is 0 Å². The van der Waals surface area contributed by atoms with Crippen LogP contribution >= 0.6 is 11.6 Å². The van der Waals surface area contributed by atoms with E-state index in [9.17, 15) is 0 Å². The first-order valence-electron chi connectivity index (χ1n) is 2.41. The van der Waals surface area contributed by atoms with Gasteiger partial charge in [0.1, 0.15) is 0 Å². The van der Waals surface area contributed by atoms with Gasteiger partial charge in [-0.1, -0.05) is 13.2 Å². The predicted molar refractivity (Wildman–Crippen MR) is 32.9 cm³/mol. The molecule has 0 atom stereocenters. The molecule has 7 heavy (non-hydrogen) atoms. The van der Waals surface area contributed by atoms with Crippen molar-refractivity contribution >= 4 is 19.1 Å². The molecule has 0 aromatic rings. The van der Waals surface area contributed by atoms with Crippen molar-refractivity contribution in [2.45, 2.75) is 13.2 Å². The van der Waals surface area contributed by atoms with E-state index in [0.29, 0.717) is 12.5 Å². The molecule has 0 heterocycles. The molecular formula is C4H9BClO. The van der Waals surface area contributed by atoms with Crippen molar-refractivity contribution in [3.05, 3.63) is 0 Å². The van der Waals surface area contributed by atoms with Crippen molar-refractivity contribution in [3.8, 4) is 0 Å². The molecule has 0 aliphatic rings. The lowest BCUT2D eigenvalue weighted by Crippen LogP contribution is -1.98. The number of rotatable bonds is 4. The molecule has 1 nitrogen and oxygen atoms in total. The van der Waals surface area contributed by atoms with Crippen LogP contribution in [0, 0.1) is 0 Å². The molecule has 41 valence electrons. The van der Waals surface area contributed by atoms with E-state index < -0.39 is 0 Å².